The fourth-order valence-corrected chi connectivity index (χ4v) is 2.28. The maximum Gasteiger partial charge on any atom is 0.337 e. The zero-order valence-corrected chi connectivity index (χ0v) is 11.6. The van der Waals surface area contributed by atoms with Crippen LogP contribution in [-0.2, 0) is 0 Å². The average molecular weight is 274 g/mol. The Hall–Kier alpha value is -2.30. The first-order chi connectivity index (χ1) is 9.49. The molecule has 1 heterocycles. The second-order valence-corrected chi connectivity index (χ2v) is 4.99. The van der Waals surface area contributed by atoms with Gasteiger partial charge in [-0.25, -0.2) is 9.59 Å². The van der Waals surface area contributed by atoms with Gasteiger partial charge in [0.2, 0.25) is 0 Å². The number of nitrogens with zero attached hydrogens (tertiary/aromatic N) is 1. The highest BCUT2D eigenvalue weighted by molar-refractivity contribution is 6.01. The lowest BCUT2D eigenvalue weighted by Gasteiger charge is -2.27. The van der Waals surface area contributed by atoms with E-state index >= 15 is 0 Å². The van der Waals surface area contributed by atoms with Gasteiger partial charge in [0.15, 0.2) is 0 Å². The number of hydrogen-bond donors (Lipinski definition) is 2. The number of rotatable bonds is 2. The van der Waals surface area contributed by atoms with Crippen LogP contribution < -0.4 is 5.32 Å². The number of aryl methyl sites for hydroxylation is 1. The average Bonchev–Trinajstić information content (AvgIpc) is 2.40. The number of hydrogen-bond acceptors (Lipinski definition) is 2. The Morgan fingerprint density at radius 3 is 2.70 bits per heavy atom. The summed E-state index contributed by atoms with van der Waals surface area (Å²) in [5.74, 6) is -1.04. The lowest BCUT2D eigenvalue weighted by atomic mass is 10.1. The van der Waals surface area contributed by atoms with Gasteiger partial charge in [-0.15, -0.1) is 0 Å². The standard InChI is InChI=1S/C15H18N2O3/c1-10-5-4-8-17(9-10)15(20)16-13-11(2)6-3-7-12(13)14(18)19/h3,5-7H,4,8-9H2,1-2H3,(H,16,20)(H,18,19). The van der Waals surface area contributed by atoms with E-state index in [1.54, 1.807) is 24.0 Å². The van der Waals surface area contributed by atoms with E-state index in [9.17, 15) is 14.7 Å². The van der Waals surface area contributed by atoms with Crippen LogP contribution in [0.4, 0.5) is 10.5 Å². The molecule has 0 saturated heterocycles. The summed E-state index contributed by atoms with van der Waals surface area (Å²) in [6.45, 7) is 5.00. The molecule has 0 unspecified atom stereocenters. The van der Waals surface area contributed by atoms with Crippen molar-refractivity contribution in [3.8, 4) is 0 Å². The zero-order chi connectivity index (χ0) is 14.7. The largest absolute Gasteiger partial charge is 0.478 e. The van der Waals surface area contributed by atoms with Crippen molar-refractivity contribution in [2.24, 2.45) is 0 Å². The number of para-hydroxylation sites is 1. The van der Waals surface area contributed by atoms with E-state index in [0.29, 0.717) is 18.8 Å². The summed E-state index contributed by atoms with van der Waals surface area (Å²) >= 11 is 0. The van der Waals surface area contributed by atoms with E-state index in [-0.39, 0.29) is 11.6 Å². The van der Waals surface area contributed by atoms with E-state index in [0.717, 1.165) is 17.6 Å². The molecule has 2 rings (SSSR count). The predicted octanol–water partition coefficient (Wildman–Crippen LogP) is 2.88. The Morgan fingerprint density at radius 1 is 1.30 bits per heavy atom. The molecular formula is C15H18N2O3. The summed E-state index contributed by atoms with van der Waals surface area (Å²) in [5, 5.41) is 11.9. The second-order valence-electron chi connectivity index (χ2n) is 4.99. The van der Waals surface area contributed by atoms with Crippen molar-refractivity contribution in [1.82, 2.24) is 4.90 Å². The van der Waals surface area contributed by atoms with Crippen LogP contribution in [0, 0.1) is 6.92 Å². The molecule has 106 valence electrons. The molecule has 1 aromatic rings. The van der Waals surface area contributed by atoms with Gasteiger partial charge in [-0.3, -0.25) is 0 Å². The molecule has 2 amide bonds. The molecule has 0 spiro atoms. The first kappa shape index (κ1) is 14.1. The maximum absolute atomic E-state index is 12.2. The van der Waals surface area contributed by atoms with Gasteiger partial charge in [-0.05, 0) is 31.9 Å². The van der Waals surface area contributed by atoms with Crippen LogP contribution in [0.15, 0.2) is 29.8 Å². The molecular weight excluding hydrogens is 256 g/mol. The first-order valence-electron chi connectivity index (χ1n) is 6.53. The smallest absolute Gasteiger partial charge is 0.337 e. The number of anilines is 1. The molecule has 0 saturated carbocycles. The van der Waals surface area contributed by atoms with Crippen molar-refractivity contribution >= 4 is 17.7 Å². The van der Waals surface area contributed by atoms with Crippen molar-refractivity contribution in [2.45, 2.75) is 20.3 Å². The highest BCUT2D eigenvalue weighted by Gasteiger charge is 2.20. The molecule has 20 heavy (non-hydrogen) atoms. The third kappa shape index (κ3) is 2.99. The third-order valence-corrected chi connectivity index (χ3v) is 3.35. The van der Waals surface area contributed by atoms with E-state index in [2.05, 4.69) is 11.4 Å². The van der Waals surface area contributed by atoms with Crippen molar-refractivity contribution < 1.29 is 14.7 Å². The fraction of sp³-hybridized carbons (Fsp3) is 0.333. The van der Waals surface area contributed by atoms with Gasteiger partial charge < -0.3 is 15.3 Å². The molecule has 0 aromatic heterocycles. The van der Waals surface area contributed by atoms with E-state index in [4.69, 9.17) is 0 Å². The second kappa shape index (κ2) is 5.77. The lowest BCUT2D eigenvalue weighted by molar-refractivity contribution is 0.0698. The lowest BCUT2D eigenvalue weighted by Crippen LogP contribution is -2.39. The van der Waals surface area contributed by atoms with Gasteiger partial charge in [0.25, 0.3) is 0 Å². The monoisotopic (exact) mass is 274 g/mol. The number of aromatic carboxylic acids is 1. The molecule has 1 aromatic carbocycles. The number of amides is 2. The molecule has 2 N–H and O–H groups in total. The fourth-order valence-electron chi connectivity index (χ4n) is 2.28. The van der Waals surface area contributed by atoms with E-state index in [1.807, 2.05) is 6.92 Å². The quantitative estimate of drug-likeness (QED) is 0.815. The molecule has 0 fully saturated rings. The molecule has 0 bridgehead atoms. The van der Waals surface area contributed by atoms with Crippen LogP contribution in [0.5, 0.6) is 0 Å². The van der Waals surface area contributed by atoms with Crippen LogP contribution in [0.2, 0.25) is 0 Å². The minimum absolute atomic E-state index is 0.114. The van der Waals surface area contributed by atoms with Gasteiger partial charge in [0.1, 0.15) is 0 Å². The van der Waals surface area contributed by atoms with Gasteiger partial charge in [-0.2, -0.15) is 0 Å². The summed E-state index contributed by atoms with van der Waals surface area (Å²) in [5.41, 5.74) is 2.37. The minimum atomic E-state index is -1.04. The topological polar surface area (TPSA) is 69.6 Å². The highest BCUT2D eigenvalue weighted by atomic mass is 16.4. The van der Waals surface area contributed by atoms with Crippen LogP contribution >= 0.6 is 0 Å². The van der Waals surface area contributed by atoms with Crippen molar-refractivity contribution in [3.63, 3.8) is 0 Å². The molecule has 5 nitrogen and oxygen atoms in total. The Labute approximate surface area is 117 Å². The van der Waals surface area contributed by atoms with Gasteiger partial charge in [-0.1, -0.05) is 23.8 Å². The number of carboxylic acids is 1. The van der Waals surface area contributed by atoms with Crippen LogP contribution in [0.1, 0.15) is 29.3 Å². The van der Waals surface area contributed by atoms with Crippen molar-refractivity contribution in [3.05, 3.63) is 41.0 Å². The number of carboxylic acid groups (broad SMARTS) is 1. The first-order valence-corrected chi connectivity index (χ1v) is 6.53. The molecule has 0 radical (unpaired) electrons. The molecule has 0 atom stereocenters. The predicted molar refractivity (Wildman–Crippen MR) is 77.1 cm³/mol. The third-order valence-electron chi connectivity index (χ3n) is 3.35. The zero-order valence-electron chi connectivity index (χ0n) is 11.6. The Bertz CT molecular complexity index is 578. The summed E-state index contributed by atoms with van der Waals surface area (Å²) in [4.78, 5) is 25.1. The SMILES string of the molecule is CC1=CCCN(C(=O)Nc2c(C)cccc2C(=O)O)C1. The van der Waals surface area contributed by atoms with Crippen molar-refractivity contribution in [2.75, 3.05) is 18.4 Å². The summed E-state index contributed by atoms with van der Waals surface area (Å²) in [7, 11) is 0. The van der Waals surface area contributed by atoms with Crippen LogP contribution in [0.3, 0.4) is 0 Å². The molecule has 1 aliphatic rings. The van der Waals surface area contributed by atoms with E-state index in [1.165, 1.54) is 6.07 Å². The van der Waals surface area contributed by atoms with Gasteiger partial charge >= 0.3 is 12.0 Å². The highest BCUT2D eigenvalue weighted by Crippen LogP contribution is 2.21. The Balaban J connectivity index is 2.20. The van der Waals surface area contributed by atoms with Gasteiger partial charge in [0.05, 0.1) is 11.3 Å². The van der Waals surface area contributed by atoms with Gasteiger partial charge in [0, 0.05) is 13.1 Å². The number of carbonyl (C=O) groups is 2. The Morgan fingerprint density at radius 2 is 2.05 bits per heavy atom. The number of urea groups is 1. The molecule has 1 aliphatic heterocycles. The van der Waals surface area contributed by atoms with Crippen LogP contribution in [0.25, 0.3) is 0 Å². The van der Waals surface area contributed by atoms with Crippen molar-refractivity contribution in [1.29, 1.82) is 0 Å². The number of carbonyl (C=O) groups excluding carboxylic acids is 1. The maximum atomic E-state index is 12.2. The summed E-state index contributed by atoms with van der Waals surface area (Å²) < 4.78 is 0. The summed E-state index contributed by atoms with van der Waals surface area (Å²) in [6.07, 6.45) is 2.94. The normalized spacial score (nSPS) is 14.7. The Kier molecular flexibility index (Phi) is 4.08. The number of nitrogens with one attached hydrogen (secondary N) is 1. The molecule has 5 heteroatoms. The minimum Gasteiger partial charge on any atom is -0.478 e. The number of benzene rings is 1. The van der Waals surface area contributed by atoms with Crippen LogP contribution in [-0.4, -0.2) is 35.1 Å². The summed E-state index contributed by atoms with van der Waals surface area (Å²) in [6, 6.07) is 4.69. The van der Waals surface area contributed by atoms with E-state index < -0.39 is 5.97 Å². The molecule has 0 aliphatic carbocycles.